The minimum absolute atomic E-state index is 0.178. The fraction of sp³-hybridized carbons (Fsp3) is 0.310. The number of aliphatic hydroxyl groups excluding tert-OH is 1. The molecule has 1 unspecified atom stereocenters. The summed E-state index contributed by atoms with van der Waals surface area (Å²) in [5, 5.41) is 11.3. The van der Waals surface area contributed by atoms with E-state index in [2.05, 4.69) is 0 Å². The monoisotopic (exact) mass is 527 g/mol. The molecule has 1 N–H and O–H groups in total. The number of rotatable bonds is 7. The van der Waals surface area contributed by atoms with Crippen molar-refractivity contribution in [1.29, 1.82) is 0 Å². The molecule has 1 aliphatic heterocycles. The summed E-state index contributed by atoms with van der Waals surface area (Å²) in [6, 6.07) is 11.6. The van der Waals surface area contributed by atoms with Crippen molar-refractivity contribution >= 4 is 17.4 Å². The van der Waals surface area contributed by atoms with E-state index >= 15 is 0 Å². The van der Waals surface area contributed by atoms with Gasteiger partial charge in [-0.15, -0.1) is 0 Å². The molecule has 9 heteroatoms. The van der Waals surface area contributed by atoms with E-state index in [0.717, 1.165) is 22.6 Å². The number of alkyl halides is 3. The van der Waals surface area contributed by atoms with E-state index in [-0.39, 0.29) is 23.4 Å². The number of furan rings is 1. The quantitative estimate of drug-likeness (QED) is 0.214. The van der Waals surface area contributed by atoms with E-state index in [4.69, 9.17) is 9.15 Å². The SMILES string of the molecule is Cc1ccc(C2/C(=C(/O)c3ccc(OCC(C)C)c(C)c3)C(=O)C(=O)N2Cc2cccc(C(F)(F)F)c2)o1. The largest absolute Gasteiger partial charge is 0.507 e. The average Bonchev–Trinajstić information content (AvgIpc) is 3.38. The molecule has 3 aromatic rings. The number of amides is 1. The third kappa shape index (κ3) is 5.46. The Hall–Kier alpha value is -4.01. The number of halogens is 3. The number of aliphatic hydroxyl groups is 1. The molecule has 4 rings (SSSR count). The van der Waals surface area contributed by atoms with Crippen LogP contribution in [0, 0.1) is 19.8 Å². The molecular formula is C29H28F3NO5. The highest BCUT2D eigenvalue weighted by Crippen LogP contribution is 2.41. The molecule has 0 saturated carbocycles. The molecule has 6 nitrogen and oxygen atoms in total. The lowest BCUT2D eigenvalue weighted by molar-refractivity contribution is -0.140. The third-order valence-electron chi connectivity index (χ3n) is 6.20. The Labute approximate surface area is 218 Å². The predicted octanol–water partition coefficient (Wildman–Crippen LogP) is 6.57. The van der Waals surface area contributed by atoms with E-state index in [1.165, 1.54) is 12.1 Å². The van der Waals surface area contributed by atoms with Crippen molar-refractivity contribution in [3.05, 3.63) is 93.9 Å². The van der Waals surface area contributed by atoms with Gasteiger partial charge < -0.3 is 19.2 Å². The van der Waals surface area contributed by atoms with Crippen molar-refractivity contribution in [2.45, 2.75) is 46.5 Å². The highest BCUT2D eigenvalue weighted by atomic mass is 19.4. The zero-order chi connectivity index (χ0) is 27.8. The van der Waals surface area contributed by atoms with Gasteiger partial charge in [0.05, 0.1) is 17.7 Å². The number of nitrogens with zero attached hydrogens (tertiary/aromatic N) is 1. The summed E-state index contributed by atoms with van der Waals surface area (Å²) in [6.45, 7) is 7.73. The van der Waals surface area contributed by atoms with Crippen molar-refractivity contribution in [2.24, 2.45) is 5.92 Å². The van der Waals surface area contributed by atoms with Gasteiger partial charge in [0.1, 0.15) is 29.1 Å². The zero-order valence-electron chi connectivity index (χ0n) is 21.4. The van der Waals surface area contributed by atoms with E-state index in [1.807, 2.05) is 13.8 Å². The molecule has 1 saturated heterocycles. The van der Waals surface area contributed by atoms with Crippen LogP contribution in [-0.4, -0.2) is 28.3 Å². The van der Waals surface area contributed by atoms with Crippen LogP contribution in [0.1, 0.15) is 53.7 Å². The first-order chi connectivity index (χ1) is 17.9. The van der Waals surface area contributed by atoms with Crippen molar-refractivity contribution < 1.29 is 37.0 Å². The van der Waals surface area contributed by atoms with Gasteiger partial charge in [0.2, 0.25) is 0 Å². The van der Waals surface area contributed by atoms with Crippen LogP contribution in [0.25, 0.3) is 5.76 Å². The molecule has 1 fully saturated rings. The highest BCUT2D eigenvalue weighted by Gasteiger charge is 2.47. The number of ether oxygens (including phenoxy) is 1. The van der Waals surface area contributed by atoms with Gasteiger partial charge in [-0.05, 0) is 73.4 Å². The van der Waals surface area contributed by atoms with Gasteiger partial charge in [0.15, 0.2) is 0 Å². The molecule has 2 aromatic carbocycles. The summed E-state index contributed by atoms with van der Waals surface area (Å²) in [4.78, 5) is 27.5. The molecule has 0 aliphatic carbocycles. The van der Waals surface area contributed by atoms with Gasteiger partial charge in [-0.1, -0.05) is 26.0 Å². The Balaban J connectivity index is 1.77. The second-order valence-electron chi connectivity index (χ2n) is 9.76. The standard InChI is InChI=1S/C29H28F3NO5/c1-16(2)15-37-22-11-9-20(12-17(22)3)26(34)24-25(23-10-8-18(4)38-23)33(28(36)27(24)35)14-19-6-5-7-21(13-19)29(30,31)32/h5-13,16,25,34H,14-15H2,1-4H3/b26-24-. The minimum atomic E-state index is -4.56. The van der Waals surface area contributed by atoms with E-state index in [9.17, 15) is 27.9 Å². The topological polar surface area (TPSA) is 80.0 Å². The van der Waals surface area contributed by atoms with Gasteiger partial charge in [-0.2, -0.15) is 13.2 Å². The molecule has 2 heterocycles. The lowest BCUT2D eigenvalue weighted by atomic mass is 9.98. The first-order valence-corrected chi connectivity index (χ1v) is 12.1. The van der Waals surface area contributed by atoms with Crippen molar-refractivity contribution in [3.8, 4) is 5.75 Å². The molecule has 1 atom stereocenters. The van der Waals surface area contributed by atoms with Crippen LogP contribution in [0.5, 0.6) is 5.75 Å². The van der Waals surface area contributed by atoms with Crippen molar-refractivity contribution in [2.75, 3.05) is 6.61 Å². The molecular weight excluding hydrogens is 499 g/mol. The van der Waals surface area contributed by atoms with E-state index < -0.39 is 35.2 Å². The van der Waals surface area contributed by atoms with Gasteiger partial charge >= 0.3 is 6.18 Å². The first kappa shape index (κ1) is 27.0. The summed E-state index contributed by atoms with van der Waals surface area (Å²) < 4.78 is 51.3. The number of ketones is 1. The zero-order valence-corrected chi connectivity index (χ0v) is 21.4. The summed E-state index contributed by atoms with van der Waals surface area (Å²) in [5.74, 6) is -0.656. The van der Waals surface area contributed by atoms with Gasteiger partial charge in [0.25, 0.3) is 11.7 Å². The maximum absolute atomic E-state index is 13.3. The molecule has 0 radical (unpaired) electrons. The lowest BCUT2D eigenvalue weighted by Crippen LogP contribution is -2.29. The fourth-order valence-corrected chi connectivity index (χ4v) is 4.35. The summed E-state index contributed by atoms with van der Waals surface area (Å²) >= 11 is 0. The van der Waals surface area contributed by atoms with Crippen LogP contribution < -0.4 is 4.74 Å². The third-order valence-corrected chi connectivity index (χ3v) is 6.20. The van der Waals surface area contributed by atoms with Gasteiger partial charge in [-0.3, -0.25) is 9.59 Å². The molecule has 1 aromatic heterocycles. The number of hydrogen-bond donors (Lipinski definition) is 1. The van der Waals surface area contributed by atoms with Crippen LogP contribution in [0.3, 0.4) is 0 Å². The first-order valence-electron chi connectivity index (χ1n) is 12.1. The number of carbonyl (C=O) groups excluding carboxylic acids is 2. The molecule has 200 valence electrons. The molecule has 0 spiro atoms. The Kier molecular flexibility index (Phi) is 7.40. The second-order valence-corrected chi connectivity index (χ2v) is 9.76. The number of benzene rings is 2. The van der Waals surface area contributed by atoms with Crippen molar-refractivity contribution in [1.82, 2.24) is 4.90 Å². The summed E-state index contributed by atoms with van der Waals surface area (Å²) in [5.41, 5.74) is 0.124. The number of aryl methyl sites for hydroxylation is 2. The van der Waals surface area contributed by atoms with Crippen molar-refractivity contribution in [3.63, 3.8) is 0 Å². The molecule has 0 bridgehead atoms. The second kappa shape index (κ2) is 10.4. The summed E-state index contributed by atoms with van der Waals surface area (Å²) in [7, 11) is 0. The molecule has 1 aliphatic rings. The van der Waals surface area contributed by atoms with E-state index in [1.54, 1.807) is 44.2 Å². The number of hydrogen-bond acceptors (Lipinski definition) is 5. The molecule has 38 heavy (non-hydrogen) atoms. The van der Waals surface area contributed by atoms with Crippen LogP contribution in [-0.2, 0) is 22.3 Å². The Morgan fingerprint density at radius 2 is 1.82 bits per heavy atom. The normalized spacial score (nSPS) is 17.5. The van der Waals surface area contributed by atoms with Gasteiger partial charge in [-0.25, -0.2) is 0 Å². The highest BCUT2D eigenvalue weighted by molar-refractivity contribution is 6.46. The van der Waals surface area contributed by atoms with Gasteiger partial charge in [0, 0.05) is 12.1 Å². The Morgan fingerprint density at radius 3 is 2.42 bits per heavy atom. The number of likely N-dealkylation sites (tertiary alicyclic amines) is 1. The lowest BCUT2D eigenvalue weighted by Gasteiger charge is -2.24. The fourth-order valence-electron chi connectivity index (χ4n) is 4.35. The Morgan fingerprint density at radius 1 is 1.08 bits per heavy atom. The van der Waals surface area contributed by atoms with E-state index in [0.29, 0.717) is 29.6 Å². The Bertz CT molecular complexity index is 1400. The summed E-state index contributed by atoms with van der Waals surface area (Å²) in [6.07, 6.45) is -4.56. The average molecular weight is 528 g/mol. The maximum atomic E-state index is 13.3. The molecule has 1 amide bonds. The maximum Gasteiger partial charge on any atom is 0.416 e. The predicted molar refractivity (Wildman–Crippen MR) is 134 cm³/mol. The van der Waals surface area contributed by atoms with Crippen LogP contribution in [0.15, 0.2) is 64.6 Å². The smallest absolute Gasteiger partial charge is 0.416 e. The number of carbonyl (C=O) groups is 2. The van der Waals surface area contributed by atoms with Crippen LogP contribution >= 0.6 is 0 Å². The van der Waals surface area contributed by atoms with Crippen LogP contribution in [0.4, 0.5) is 13.2 Å². The minimum Gasteiger partial charge on any atom is -0.507 e. The van der Waals surface area contributed by atoms with Crippen LogP contribution in [0.2, 0.25) is 0 Å². The number of Topliss-reactive ketones (excluding diaryl/α,β-unsaturated/α-hetero) is 1.